The average molecular weight is 446 g/mol. The molecule has 2 aromatic heterocycles. The Bertz CT molecular complexity index is 1150. The van der Waals surface area contributed by atoms with Gasteiger partial charge in [-0.2, -0.15) is 0 Å². The van der Waals surface area contributed by atoms with Crippen molar-refractivity contribution in [2.24, 2.45) is 0 Å². The monoisotopic (exact) mass is 445 g/mol. The third kappa shape index (κ3) is 3.92. The van der Waals surface area contributed by atoms with Gasteiger partial charge in [0.1, 0.15) is 28.5 Å². The molecule has 7 nitrogen and oxygen atoms in total. The van der Waals surface area contributed by atoms with E-state index >= 15 is 4.39 Å². The Morgan fingerprint density at radius 2 is 2.06 bits per heavy atom. The molecule has 31 heavy (non-hydrogen) atoms. The van der Waals surface area contributed by atoms with Gasteiger partial charge in [-0.05, 0) is 39.7 Å². The number of halogens is 2. The average Bonchev–Trinajstić information content (AvgIpc) is 3.35. The molecule has 1 aliphatic heterocycles. The van der Waals surface area contributed by atoms with E-state index < -0.39 is 11.7 Å². The molecule has 0 bridgehead atoms. The fraction of sp³-hybridized carbons (Fsp3) is 0.409. The maximum atomic E-state index is 15.1. The number of hydrogen-bond donors (Lipinski definition) is 1. The fourth-order valence-corrected chi connectivity index (χ4v) is 4.27. The second-order valence-electron chi connectivity index (χ2n) is 8.02. The van der Waals surface area contributed by atoms with E-state index in [4.69, 9.17) is 22.1 Å². The van der Waals surface area contributed by atoms with Crippen LogP contribution in [0.25, 0.3) is 5.52 Å². The summed E-state index contributed by atoms with van der Waals surface area (Å²) >= 11 is 6.23. The van der Waals surface area contributed by atoms with Crippen molar-refractivity contribution in [3.05, 3.63) is 51.9 Å². The molecule has 0 atom stereocenters. The van der Waals surface area contributed by atoms with E-state index in [-0.39, 0.29) is 28.9 Å². The van der Waals surface area contributed by atoms with Crippen molar-refractivity contribution in [1.82, 2.24) is 19.3 Å². The number of imidazole rings is 1. The molecule has 0 unspecified atom stereocenters. The van der Waals surface area contributed by atoms with Crippen LogP contribution in [-0.4, -0.2) is 44.4 Å². The Morgan fingerprint density at radius 1 is 1.35 bits per heavy atom. The molecule has 1 amide bonds. The number of amides is 1. The van der Waals surface area contributed by atoms with Gasteiger partial charge in [0.15, 0.2) is 5.82 Å². The van der Waals surface area contributed by atoms with E-state index in [2.05, 4.69) is 9.97 Å². The molecule has 0 radical (unpaired) electrons. The molecule has 1 aromatic carbocycles. The molecule has 1 aliphatic rings. The van der Waals surface area contributed by atoms with E-state index in [1.807, 2.05) is 25.2 Å². The van der Waals surface area contributed by atoms with Crippen LogP contribution in [0.5, 0.6) is 5.75 Å². The van der Waals surface area contributed by atoms with E-state index in [0.29, 0.717) is 35.8 Å². The van der Waals surface area contributed by atoms with Gasteiger partial charge in [-0.1, -0.05) is 11.6 Å². The lowest BCUT2D eigenvalue weighted by Gasteiger charge is -2.22. The first-order chi connectivity index (χ1) is 14.8. The minimum absolute atomic E-state index is 0.114. The van der Waals surface area contributed by atoms with Crippen molar-refractivity contribution >= 4 is 28.8 Å². The predicted molar refractivity (Wildman–Crippen MR) is 117 cm³/mol. The predicted octanol–water partition coefficient (Wildman–Crippen LogP) is 4.03. The quantitative estimate of drug-likeness (QED) is 0.640. The number of nitrogen functional groups attached to an aromatic ring is 1. The topological polar surface area (TPSA) is 85.8 Å². The van der Waals surface area contributed by atoms with E-state index in [1.165, 1.54) is 6.07 Å². The van der Waals surface area contributed by atoms with Crippen molar-refractivity contribution in [1.29, 1.82) is 0 Å². The first-order valence-corrected chi connectivity index (χ1v) is 10.7. The molecule has 3 heterocycles. The molecule has 1 saturated heterocycles. The van der Waals surface area contributed by atoms with Crippen molar-refractivity contribution < 1.29 is 13.9 Å². The zero-order valence-electron chi connectivity index (χ0n) is 17.8. The maximum absolute atomic E-state index is 15.1. The molecule has 4 rings (SSSR count). The lowest BCUT2D eigenvalue weighted by molar-refractivity contribution is 0.0781. The summed E-state index contributed by atoms with van der Waals surface area (Å²) in [6, 6.07) is 1.51. The summed E-state index contributed by atoms with van der Waals surface area (Å²) in [6.45, 7) is 6.71. The number of fused-ring (bicyclic) bond motifs is 1. The highest BCUT2D eigenvalue weighted by molar-refractivity contribution is 6.31. The van der Waals surface area contributed by atoms with Gasteiger partial charge in [0.05, 0.1) is 16.8 Å². The Kier molecular flexibility index (Phi) is 5.75. The number of likely N-dealkylation sites (tertiary alicyclic amines) is 1. The van der Waals surface area contributed by atoms with Crippen LogP contribution in [0.1, 0.15) is 54.1 Å². The second-order valence-corrected chi connectivity index (χ2v) is 8.43. The van der Waals surface area contributed by atoms with E-state index in [1.54, 1.807) is 17.3 Å². The SMILES string of the molecule is Cc1nc(Cc2cc(Cl)c(F)c(C(=O)N3CCCC3)c2OC(C)C)n2ccnc(N)c12. The van der Waals surface area contributed by atoms with Gasteiger partial charge in [-0.3, -0.25) is 9.20 Å². The zero-order chi connectivity index (χ0) is 22.3. The number of aryl methyl sites for hydroxylation is 1. The number of anilines is 1. The van der Waals surface area contributed by atoms with Crippen LogP contribution in [0.4, 0.5) is 10.2 Å². The summed E-state index contributed by atoms with van der Waals surface area (Å²) in [5.41, 5.74) is 7.94. The molecule has 3 aromatic rings. The summed E-state index contributed by atoms with van der Waals surface area (Å²) < 4.78 is 23.0. The highest BCUT2D eigenvalue weighted by Crippen LogP contribution is 2.36. The van der Waals surface area contributed by atoms with Gasteiger partial charge in [0, 0.05) is 37.5 Å². The zero-order valence-corrected chi connectivity index (χ0v) is 18.5. The molecule has 2 N–H and O–H groups in total. The molecular formula is C22H25ClFN5O2. The highest BCUT2D eigenvalue weighted by atomic mass is 35.5. The van der Waals surface area contributed by atoms with E-state index in [9.17, 15) is 4.79 Å². The largest absolute Gasteiger partial charge is 0.490 e. The number of aromatic nitrogens is 3. The minimum atomic E-state index is -0.754. The molecule has 0 aliphatic carbocycles. The normalized spacial score (nSPS) is 14.1. The van der Waals surface area contributed by atoms with Crippen molar-refractivity contribution in [3.8, 4) is 5.75 Å². The Balaban J connectivity index is 1.86. The van der Waals surface area contributed by atoms with Gasteiger partial charge < -0.3 is 15.4 Å². The standard InChI is InChI=1S/C22H25ClFN5O2/c1-12(2)31-20-14(11-16-27-13(3)19-21(25)26-6-9-29(16)19)10-15(23)18(24)17(20)22(30)28-7-4-5-8-28/h6,9-10,12H,4-5,7-8,11H2,1-3H3,(H2,25,26). The number of benzene rings is 1. The number of carbonyl (C=O) groups excluding carboxylic acids is 1. The van der Waals surface area contributed by atoms with Gasteiger partial charge in [0.2, 0.25) is 0 Å². The van der Waals surface area contributed by atoms with Crippen LogP contribution < -0.4 is 10.5 Å². The van der Waals surface area contributed by atoms with Crippen LogP contribution >= 0.6 is 11.6 Å². The lowest BCUT2D eigenvalue weighted by atomic mass is 10.0. The Morgan fingerprint density at radius 3 is 2.74 bits per heavy atom. The molecular weight excluding hydrogens is 421 g/mol. The molecule has 1 fully saturated rings. The number of carbonyl (C=O) groups is 1. The molecule has 164 valence electrons. The first-order valence-electron chi connectivity index (χ1n) is 10.3. The van der Waals surface area contributed by atoms with Crippen molar-refractivity contribution in [2.75, 3.05) is 18.8 Å². The van der Waals surface area contributed by atoms with Crippen LogP contribution in [0.3, 0.4) is 0 Å². The van der Waals surface area contributed by atoms with Gasteiger partial charge >= 0.3 is 0 Å². The molecule has 9 heteroatoms. The molecule has 0 spiro atoms. The number of rotatable bonds is 5. The Labute approximate surface area is 185 Å². The number of nitrogens with two attached hydrogens (primary N) is 1. The third-order valence-corrected chi connectivity index (χ3v) is 5.66. The highest BCUT2D eigenvalue weighted by Gasteiger charge is 2.30. The smallest absolute Gasteiger partial charge is 0.260 e. The van der Waals surface area contributed by atoms with Crippen molar-refractivity contribution in [3.63, 3.8) is 0 Å². The van der Waals surface area contributed by atoms with Crippen LogP contribution in [0.15, 0.2) is 18.5 Å². The van der Waals surface area contributed by atoms with Gasteiger partial charge in [0.25, 0.3) is 5.91 Å². The summed E-state index contributed by atoms with van der Waals surface area (Å²) in [5, 5.41) is -0.118. The molecule has 0 saturated carbocycles. The second kappa shape index (κ2) is 8.34. The van der Waals surface area contributed by atoms with Crippen LogP contribution in [-0.2, 0) is 6.42 Å². The van der Waals surface area contributed by atoms with Crippen LogP contribution in [0, 0.1) is 12.7 Å². The number of hydrogen-bond acceptors (Lipinski definition) is 5. The third-order valence-electron chi connectivity index (χ3n) is 5.39. The van der Waals surface area contributed by atoms with Crippen molar-refractivity contribution in [2.45, 2.75) is 46.1 Å². The number of nitrogens with zero attached hydrogens (tertiary/aromatic N) is 4. The van der Waals surface area contributed by atoms with Gasteiger partial charge in [-0.15, -0.1) is 0 Å². The summed E-state index contributed by atoms with van der Waals surface area (Å²) in [6.07, 6.45) is 5.18. The maximum Gasteiger partial charge on any atom is 0.260 e. The Hall–Kier alpha value is -2.87. The summed E-state index contributed by atoms with van der Waals surface area (Å²) in [7, 11) is 0. The lowest BCUT2D eigenvalue weighted by Crippen LogP contribution is -2.29. The summed E-state index contributed by atoms with van der Waals surface area (Å²) in [5.74, 6) is 0.102. The van der Waals surface area contributed by atoms with Gasteiger partial charge in [-0.25, -0.2) is 14.4 Å². The minimum Gasteiger partial charge on any atom is -0.490 e. The first kappa shape index (κ1) is 21.4. The van der Waals surface area contributed by atoms with Crippen LogP contribution in [0.2, 0.25) is 5.02 Å². The van der Waals surface area contributed by atoms with E-state index in [0.717, 1.165) is 18.5 Å². The summed E-state index contributed by atoms with van der Waals surface area (Å²) in [4.78, 5) is 23.6. The fourth-order valence-electron chi connectivity index (χ4n) is 4.04. The number of ether oxygens (including phenoxy) is 1.